The zero-order valence-corrected chi connectivity index (χ0v) is 11.5. The molecule has 1 aromatic rings. The van der Waals surface area contributed by atoms with Crippen LogP contribution in [0.2, 0.25) is 0 Å². The van der Waals surface area contributed by atoms with Crippen molar-refractivity contribution in [2.45, 2.75) is 12.3 Å². The molecule has 0 spiro atoms. The monoisotopic (exact) mass is 266 g/mol. The highest BCUT2D eigenvalue weighted by Gasteiger charge is 2.45. The topological polar surface area (TPSA) is 35.5 Å². The van der Waals surface area contributed by atoms with Crippen LogP contribution in [0.1, 0.15) is 17.9 Å². The summed E-state index contributed by atoms with van der Waals surface area (Å²) in [5, 5.41) is 0. The molecule has 0 saturated heterocycles. The Morgan fingerprint density at radius 3 is 2.72 bits per heavy atom. The van der Waals surface area contributed by atoms with E-state index in [0.717, 1.165) is 17.9 Å². The van der Waals surface area contributed by atoms with E-state index in [9.17, 15) is 4.79 Å². The van der Waals surface area contributed by atoms with E-state index in [-0.39, 0.29) is 11.9 Å². The molecule has 0 heterocycles. The first-order chi connectivity index (χ1) is 8.76. The van der Waals surface area contributed by atoms with Crippen molar-refractivity contribution in [3.8, 4) is 5.75 Å². The number of esters is 1. The van der Waals surface area contributed by atoms with Crippen molar-refractivity contribution >= 4 is 17.7 Å². The van der Waals surface area contributed by atoms with Gasteiger partial charge in [-0.25, -0.2) is 0 Å². The first-order valence-electron chi connectivity index (χ1n) is 6.05. The van der Waals surface area contributed by atoms with Crippen molar-refractivity contribution in [2.24, 2.45) is 5.92 Å². The number of ether oxygens (including phenoxy) is 2. The fourth-order valence-electron chi connectivity index (χ4n) is 2.01. The Bertz CT molecular complexity index is 402. The smallest absolute Gasteiger partial charge is 0.309 e. The predicted octanol–water partition coefficient (Wildman–Crippen LogP) is 2.70. The molecule has 0 unspecified atom stereocenters. The molecule has 2 atom stereocenters. The standard InChI is InChI=1S/C14H18O3S/c1-16-11-5-3-10(4-6-11)12-9-13(12)14(15)17-7-8-18-2/h3-6,12-13H,7-9H2,1-2H3/t12-,13-/m1/s1. The SMILES string of the molecule is COc1ccc([C@H]2C[C@H]2C(=O)OCCSC)cc1. The van der Waals surface area contributed by atoms with Crippen molar-refractivity contribution in [1.29, 1.82) is 0 Å². The normalized spacial score (nSPS) is 21.4. The summed E-state index contributed by atoms with van der Waals surface area (Å²) in [6.07, 6.45) is 2.91. The lowest BCUT2D eigenvalue weighted by atomic mass is 10.1. The van der Waals surface area contributed by atoms with Gasteiger partial charge in [-0.1, -0.05) is 12.1 Å². The van der Waals surface area contributed by atoms with E-state index in [0.29, 0.717) is 12.5 Å². The molecule has 0 amide bonds. The number of methoxy groups -OCH3 is 1. The van der Waals surface area contributed by atoms with E-state index in [1.165, 1.54) is 5.56 Å². The summed E-state index contributed by atoms with van der Waals surface area (Å²) in [5.41, 5.74) is 1.20. The van der Waals surface area contributed by atoms with Crippen LogP contribution in [-0.4, -0.2) is 31.7 Å². The second-order valence-corrected chi connectivity index (χ2v) is 5.37. The molecule has 0 bridgehead atoms. The maximum absolute atomic E-state index is 11.7. The summed E-state index contributed by atoms with van der Waals surface area (Å²) in [6, 6.07) is 7.92. The summed E-state index contributed by atoms with van der Waals surface area (Å²) in [7, 11) is 1.65. The second kappa shape index (κ2) is 6.14. The summed E-state index contributed by atoms with van der Waals surface area (Å²) >= 11 is 1.69. The van der Waals surface area contributed by atoms with E-state index in [4.69, 9.17) is 9.47 Å². The molecule has 0 N–H and O–H groups in total. The molecule has 1 fully saturated rings. The van der Waals surface area contributed by atoms with Gasteiger partial charge in [0, 0.05) is 5.75 Å². The first-order valence-corrected chi connectivity index (χ1v) is 7.45. The van der Waals surface area contributed by atoms with Crippen LogP contribution in [0.3, 0.4) is 0 Å². The molecule has 1 saturated carbocycles. The molecule has 0 radical (unpaired) electrons. The van der Waals surface area contributed by atoms with Crippen LogP contribution < -0.4 is 4.74 Å². The van der Waals surface area contributed by atoms with Gasteiger partial charge < -0.3 is 9.47 Å². The molecule has 2 rings (SSSR count). The third-order valence-corrected chi connectivity index (χ3v) is 3.74. The van der Waals surface area contributed by atoms with Crippen LogP contribution in [0.15, 0.2) is 24.3 Å². The van der Waals surface area contributed by atoms with Gasteiger partial charge in [-0.15, -0.1) is 0 Å². The molecule has 3 nitrogen and oxygen atoms in total. The van der Waals surface area contributed by atoms with Gasteiger partial charge in [-0.3, -0.25) is 4.79 Å². The van der Waals surface area contributed by atoms with Gasteiger partial charge in [0.25, 0.3) is 0 Å². The van der Waals surface area contributed by atoms with Crippen LogP contribution in [0.5, 0.6) is 5.75 Å². The summed E-state index contributed by atoms with van der Waals surface area (Å²) in [5.74, 6) is 2.05. The number of carbonyl (C=O) groups excluding carboxylic acids is 1. The molecular weight excluding hydrogens is 248 g/mol. The fourth-order valence-corrected chi connectivity index (χ4v) is 2.26. The van der Waals surface area contributed by atoms with E-state index >= 15 is 0 Å². The molecule has 98 valence electrons. The van der Waals surface area contributed by atoms with Crippen LogP contribution in [-0.2, 0) is 9.53 Å². The average Bonchev–Trinajstić information content (AvgIpc) is 3.19. The lowest BCUT2D eigenvalue weighted by Gasteiger charge is -2.04. The molecule has 0 aromatic heterocycles. The second-order valence-electron chi connectivity index (χ2n) is 4.38. The van der Waals surface area contributed by atoms with Gasteiger partial charge in [0.1, 0.15) is 12.4 Å². The fraction of sp³-hybridized carbons (Fsp3) is 0.500. The Kier molecular flexibility index (Phi) is 4.53. The van der Waals surface area contributed by atoms with Gasteiger partial charge in [-0.05, 0) is 36.3 Å². The highest BCUT2D eigenvalue weighted by Crippen LogP contribution is 2.48. The first kappa shape index (κ1) is 13.3. The van der Waals surface area contributed by atoms with Gasteiger partial charge >= 0.3 is 5.97 Å². The van der Waals surface area contributed by atoms with E-state index < -0.39 is 0 Å². The molecule has 1 aliphatic rings. The van der Waals surface area contributed by atoms with Crippen LogP contribution in [0, 0.1) is 5.92 Å². The Morgan fingerprint density at radius 1 is 1.39 bits per heavy atom. The van der Waals surface area contributed by atoms with Gasteiger partial charge in [0.2, 0.25) is 0 Å². The maximum Gasteiger partial charge on any atom is 0.309 e. The molecule has 4 heteroatoms. The van der Waals surface area contributed by atoms with Gasteiger partial charge in [0.05, 0.1) is 13.0 Å². The van der Waals surface area contributed by atoms with Crippen molar-refractivity contribution < 1.29 is 14.3 Å². The predicted molar refractivity (Wildman–Crippen MR) is 73.2 cm³/mol. The summed E-state index contributed by atoms with van der Waals surface area (Å²) < 4.78 is 10.3. The molecule has 18 heavy (non-hydrogen) atoms. The highest BCUT2D eigenvalue weighted by molar-refractivity contribution is 7.98. The number of carbonyl (C=O) groups is 1. The largest absolute Gasteiger partial charge is 0.497 e. The van der Waals surface area contributed by atoms with E-state index in [1.807, 2.05) is 30.5 Å². The van der Waals surface area contributed by atoms with Crippen molar-refractivity contribution in [2.75, 3.05) is 25.7 Å². The summed E-state index contributed by atoms with van der Waals surface area (Å²) in [6.45, 7) is 0.520. The zero-order chi connectivity index (χ0) is 13.0. The zero-order valence-electron chi connectivity index (χ0n) is 10.7. The van der Waals surface area contributed by atoms with Crippen LogP contribution >= 0.6 is 11.8 Å². The van der Waals surface area contributed by atoms with E-state index in [2.05, 4.69) is 0 Å². The average molecular weight is 266 g/mol. The Balaban J connectivity index is 1.84. The van der Waals surface area contributed by atoms with Crippen molar-refractivity contribution in [3.05, 3.63) is 29.8 Å². The maximum atomic E-state index is 11.7. The minimum absolute atomic E-state index is 0.0510. The third-order valence-electron chi connectivity index (χ3n) is 3.17. The Morgan fingerprint density at radius 2 is 2.11 bits per heavy atom. The molecular formula is C14H18O3S. The van der Waals surface area contributed by atoms with Gasteiger partial charge in [0.15, 0.2) is 0 Å². The number of benzene rings is 1. The minimum atomic E-state index is -0.0510. The number of hydrogen-bond donors (Lipinski definition) is 0. The van der Waals surface area contributed by atoms with Gasteiger partial charge in [-0.2, -0.15) is 11.8 Å². The lowest BCUT2D eigenvalue weighted by Crippen LogP contribution is -2.10. The molecule has 1 aliphatic carbocycles. The minimum Gasteiger partial charge on any atom is -0.497 e. The lowest BCUT2D eigenvalue weighted by molar-refractivity contribution is -0.144. The van der Waals surface area contributed by atoms with Crippen molar-refractivity contribution in [1.82, 2.24) is 0 Å². The molecule has 0 aliphatic heterocycles. The quantitative estimate of drug-likeness (QED) is 0.586. The number of thioether (sulfide) groups is 1. The van der Waals surface area contributed by atoms with Crippen molar-refractivity contribution in [3.63, 3.8) is 0 Å². The number of hydrogen-bond acceptors (Lipinski definition) is 4. The highest BCUT2D eigenvalue weighted by atomic mass is 32.2. The number of rotatable bonds is 6. The molecule has 1 aromatic carbocycles. The van der Waals surface area contributed by atoms with E-state index in [1.54, 1.807) is 18.9 Å². The van der Waals surface area contributed by atoms with Crippen LogP contribution in [0.4, 0.5) is 0 Å². The van der Waals surface area contributed by atoms with Crippen LogP contribution in [0.25, 0.3) is 0 Å². The third kappa shape index (κ3) is 3.19. The Labute approximate surface area is 112 Å². The summed E-state index contributed by atoms with van der Waals surface area (Å²) in [4.78, 5) is 11.7. The Hall–Kier alpha value is -1.16.